The third kappa shape index (κ3) is 5.41. The zero-order chi connectivity index (χ0) is 14.3. The van der Waals surface area contributed by atoms with Gasteiger partial charge in [0.1, 0.15) is 6.04 Å². The summed E-state index contributed by atoms with van der Waals surface area (Å²) in [4.78, 5) is 11.5. The molecule has 0 aliphatic heterocycles. The van der Waals surface area contributed by atoms with E-state index < -0.39 is 6.04 Å². The van der Waals surface area contributed by atoms with Gasteiger partial charge in [0.2, 0.25) is 5.91 Å². The van der Waals surface area contributed by atoms with Crippen molar-refractivity contribution in [1.29, 1.82) is 0 Å². The van der Waals surface area contributed by atoms with Crippen LogP contribution in [-0.2, 0) is 16.0 Å². The number of nitrogens with two attached hydrogens (primary N) is 1. The summed E-state index contributed by atoms with van der Waals surface area (Å²) in [6.07, 6.45) is 1.04. The molecule has 1 rings (SSSR count). The maximum absolute atomic E-state index is 11.5. The summed E-state index contributed by atoms with van der Waals surface area (Å²) < 4.78 is 4.96. The third-order valence-corrected chi connectivity index (χ3v) is 2.90. The maximum Gasteiger partial charge on any atom is 0.239 e. The summed E-state index contributed by atoms with van der Waals surface area (Å²) in [6, 6.07) is 7.59. The summed E-state index contributed by atoms with van der Waals surface area (Å²) in [5.74, 6) is 0.255. The van der Waals surface area contributed by atoms with E-state index in [1.165, 1.54) is 5.56 Å². The molecule has 1 atom stereocenters. The number of ether oxygens (including phenoxy) is 1. The van der Waals surface area contributed by atoms with Gasteiger partial charge in [0.25, 0.3) is 0 Å². The molecule has 0 heterocycles. The number of nitrogens with one attached hydrogen (secondary N) is 1. The van der Waals surface area contributed by atoms with Gasteiger partial charge in [-0.3, -0.25) is 10.1 Å². The number of carbonyl (C=O) groups is 1. The van der Waals surface area contributed by atoms with Gasteiger partial charge in [-0.15, -0.1) is 0 Å². The predicted octanol–water partition coefficient (Wildman–Crippen LogP) is 1.65. The van der Waals surface area contributed by atoms with Gasteiger partial charge in [-0.05, 0) is 23.5 Å². The van der Waals surface area contributed by atoms with Gasteiger partial charge in [0, 0.05) is 13.7 Å². The van der Waals surface area contributed by atoms with E-state index >= 15 is 0 Å². The maximum atomic E-state index is 11.5. The Balaban J connectivity index is 2.71. The number of amides is 1. The van der Waals surface area contributed by atoms with E-state index in [0.717, 1.165) is 12.0 Å². The highest BCUT2D eigenvalue weighted by atomic mass is 16.5. The van der Waals surface area contributed by atoms with Crippen LogP contribution in [0.5, 0.6) is 0 Å². The quantitative estimate of drug-likeness (QED) is 0.702. The zero-order valence-corrected chi connectivity index (χ0v) is 12.0. The lowest BCUT2D eigenvalue weighted by molar-refractivity contribution is -0.120. The normalized spacial score (nSPS) is 12.6. The second-order valence-electron chi connectivity index (χ2n) is 5.12. The number of rotatable bonds is 8. The number of hydrogen-bond donors (Lipinski definition) is 2. The van der Waals surface area contributed by atoms with Crippen molar-refractivity contribution in [1.82, 2.24) is 5.32 Å². The molecule has 19 heavy (non-hydrogen) atoms. The van der Waals surface area contributed by atoms with E-state index in [1.807, 2.05) is 12.1 Å². The Labute approximate surface area is 115 Å². The second-order valence-corrected chi connectivity index (χ2v) is 5.12. The average Bonchev–Trinajstić information content (AvgIpc) is 2.35. The van der Waals surface area contributed by atoms with Crippen LogP contribution in [0.15, 0.2) is 24.3 Å². The van der Waals surface area contributed by atoms with Crippen molar-refractivity contribution < 1.29 is 9.53 Å². The van der Waals surface area contributed by atoms with Crippen LogP contribution in [0.3, 0.4) is 0 Å². The average molecular weight is 264 g/mol. The van der Waals surface area contributed by atoms with Gasteiger partial charge in [-0.2, -0.15) is 0 Å². The van der Waals surface area contributed by atoms with Crippen LogP contribution < -0.4 is 11.1 Å². The Bertz CT molecular complexity index is 388. The lowest BCUT2D eigenvalue weighted by atomic mass is 9.99. The smallest absolute Gasteiger partial charge is 0.239 e. The first-order valence-corrected chi connectivity index (χ1v) is 6.65. The first kappa shape index (κ1) is 15.7. The van der Waals surface area contributed by atoms with Gasteiger partial charge < -0.3 is 10.5 Å². The molecule has 4 nitrogen and oxygen atoms in total. The van der Waals surface area contributed by atoms with Gasteiger partial charge in [0.15, 0.2) is 0 Å². The Morgan fingerprint density at radius 3 is 2.42 bits per heavy atom. The summed E-state index contributed by atoms with van der Waals surface area (Å²) >= 11 is 0. The van der Waals surface area contributed by atoms with E-state index in [9.17, 15) is 4.79 Å². The Morgan fingerprint density at radius 1 is 1.32 bits per heavy atom. The molecule has 0 bridgehead atoms. The standard InChI is InChI=1S/C15H24N2O2/c1-11(2)10-12-4-6-13(7-5-12)14(15(16)18)17-8-9-19-3/h4-7,11,14,17H,8-10H2,1-3H3,(H2,16,18). The molecule has 1 aromatic carbocycles. The minimum absolute atomic E-state index is 0.368. The van der Waals surface area contributed by atoms with Gasteiger partial charge in [0.05, 0.1) is 6.61 Å². The first-order chi connectivity index (χ1) is 9.04. The molecule has 0 saturated heterocycles. The fourth-order valence-corrected chi connectivity index (χ4v) is 2.01. The zero-order valence-electron chi connectivity index (χ0n) is 12.0. The van der Waals surface area contributed by atoms with E-state index in [2.05, 4.69) is 31.3 Å². The topological polar surface area (TPSA) is 64.3 Å². The lowest BCUT2D eigenvalue weighted by Crippen LogP contribution is -2.35. The van der Waals surface area contributed by atoms with E-state index in [0.29, 0.717) is 19.1 Å². The molecule has 1 amide bonds. The molecule has 0 aromatic heterocycles. The molecule has 0 aliphatic carbocycles. The third-order valence-electron chi connectivity index (χ3n) is 2.90. The predicted molar refractivity (Wildman–Crippen MR) is 76.8 cm³/mol. The molecule has 0 fully saturated rings. The van der Waals surface area contributed by atoms with Crippen molar-refractivity contribution in [2.75, 3.05) is 20.3 Å². The monoisotopic (exact) mass is 264 g/mol. The lowest BCUT2D eigenvalue weighted by Gasteiger charge is -2.16. The summed E-state index contributed by atoms with van der Waals surface area (Å²) in [7, 11) is 1.63. The van der Waals surface area contributed by atoms with Crippen molar-refractivity contribution in [3.05, 3.63) is 35.4 Å². The molecule has 0 radical (unpaired) electrons. The summed E-state index contributed by atoms with van der Waals surface area (Å²) in [5, 5.41) is 3.10. The fourth-order valence-electron chi connectivity index (χ4n) is 2.01. The molecular formula is C15H24N2O2. The van der Waals surface area contributed by atoms with Crippen molar-refractivity contribution in [2.45, 2.75) is 26.3 Å². The van der Waals surface area contributed by atoms with Crippen LogP contribution in [0.25, 0.3) is 0 Å². The van der Waals surface area contributed by atoms with Crippen molar-refractivity contribution in [2.24, 2.45) is 11.7 Å². The Hall–Kier alpha value is -1.39. The van der Waals surface area contributed by atoms with Gasteiger partial charge in [-0.25, -0.2) is 0 Å². The van der Waals surface area contributed by atoms with E-state index in [4.69, 9.17) is 10.5 Å². The van der Waals surface area contributed by atoms with Crippen molar-refractivity contribution in [3.8, 4) is 0 Å². The molecule has 1 unspecified atom stereocenters. The van der Waals surface area contributed by atoms with Crippen LogP contribution in [0.2, 0.25) is 0 Å². The van der Waals surface area contributed by atoms with Gasteiger partial charge in [-0.1, -0.05) is 38.1 Å². The molecule has 0 saturated carbocycles. The van der Waals surface area contributed by atoms with Crippen molar-refractivity contribution >= 4 is 5.91 Å². The van der Waals surface area contributed by atoms with E-state index in [-0.39, 0.29) is 5.91 Å². The number of primary amides is 1. The van der Waals surface area contributed by atoms with Crippen LogP contribution in [0.4, 0.5) is 0 Å². The second kappa shape index (κ2) is 7.92. The van der Waals surface area contributed by atoms with Crippen LogP contribution in [0, 0.1) is 5.92 Å². The minimum Gasteiger partial charge on any atom is -0.383 e. The fraction of sp³-hybridized carbons (Fsp3) is 0.533. The molecule has 0 aliphatic rings. The van der Waals surface area contributed by atoms with Crippen LogP contribution in [-0.4, -0.2) is 26.2 Å². The minimum atomic E-state index is -0.455. The first-order valence-electron chi connectivity index (χ1n) is 6.65. The van der Waals surface area contributed by atoms with Crippen molar-refractivity contribution in [3.63, 3.8) is 0 Å². The Morgan fingerprint density at radius 2 is 1.95 bits per heavy atom. The highest BCUT2D eigenvalue weighted by Gasteiger charge is 2.16. The molecule has 3 N–H and O–H groups in total. The number of hydrogen-bond acceptors (Lipinski definition) is 3. The summed E-state index contributed by atoms with van der Waals surface area (Å²) in [6.45, 7) is 5.52. The highest BCUT2D eigenvalue weighted by Crippen LogP contribution is 2.15. The number of carbonyl (C=O) groups excluding carboxylic acids is 1. The van der Waals surface area contributed by atoms with Gasteiger partial charge >= 0.3 is 0 Å². The summed E-state index contributed by atoms with van der Waals surface area (Å²) in [5.41, 5.74) is 7.60. The number of benzene rings is 1. The largest absolute Gasteiger partial charge is 0.383 e. The number of methoxy groups -OCH3 is 1. The molecule has 1 aromatic rings. The van der Waals surface area contributed by atoms with E-state index in [1.54, 1.807) is 7.11 Å². The van der Waals surface area contributed by atoms with Crippen LogP contribution in [0.1, 0.15) is 31.0 Å². The Kier molecular flexibility index (Phi) is 6.53. The van der Waals surface area contributed by atoms with Crippen LogP contribution >= 0.6 is 0 Å². The molecule has 4 heteroatoms. The molecule has 106 valence electrons. The highest BCUT2D eigenvalue weighted by molar-refractivity contribution is 5.81. The molecular weight excluding hydrogens is 240 g/mol. The molecule has 0 spiro atoms. The SMILES string of the molecule is COCCNC(C(N)=O)c1ccc(CC(C)C)cc1.